The number of nitrogens with two attached hydrogens (primary N) is 1. The average Bonchev–Trinajstić information content (AvgIpc) is 3.07. The average molecular weight is 371 g/mol. The molecule has 0 bridgehead atoms. The van der Waals surface area contributed by atoms with Crippen LogP contribution in [0.4, 0.5) is 10.1 Å². The van der Waals surface area contributed by atoms with Gasteiger partial charge in [-0.1, -0.05) is 0 Å². The highest BCUT2D eigenvalue weighted by Crippen LogP contribution is 2.47. The summed E-state index contributed by atoms with van der Waals surface area (Å²) in [7, 11) is 1.57. The Balaban J connectivity index is 2.03. The van der Waals surface area contributed by atoms with E-state index in [1.807, 2.05) is 0 Å². The summed E-state index contributed by atoms with van der Waals surface area (Å²) in [5, 5.41) is 12.6. The maximum atomic E-state index is 14.8. The van der Waals surface area contributed by atoms with E-state index >= 15 is 0 Å². The lowest BCUT2D eigenvalue weighted by Gasteiger charge is -2.46. The van der Waals surface area contributed by atoms with Crippen LogP contribution >= 0.6 is 0 Å². The molecule has 3 N–H and O–H groups in total. The summed E-state index contributed by atoms with van der Waals surface area (Å²) in [5.41, 5.74) is 4.85. The summed E-state index contributed by atoms with van der Waals surface area (Å²) in [5.74, 6) is -0.632. The van der Waals surface area contributed by atoms with E-state index in [0.29, 0.717) is 5.56 Å². The van der Waals surface area contributed by atoms with Crippen LogP contribution in [0.2, 0.25) is 0 Å². The van der Waals surface area contributed by atoms with Crippen LogP contribution in [-0.2, 0) is 10.3 Å². The Morgan fingerprint density at radius 2 is 2.07 bits per heavy atom. The molecule has 1 aliphatic carbocycles. The van der Waals surface area contributed by atoms with E-state index in [4.69, 9.17) is 5.73 Å². The highest BCUT2D eigenvalue weighted by molar-refractivity contribution is 6.01. The van der Waals surface area contributed by atoms with E-state index in [9.17, 15) is 14.4 Å². The van der Waals surface area contributed by atoms with Crippen LogP contribution in [-0.4, -0.2) is 29.9 Å². The van der Waals surface area contributed by atoms with Gasteiger partial charge in [0.1, 0.15) is 11.4 Å². The zero-order valence-corrected chi connectivity index (χ0v) is 16.2. The molecule has 0 saturated heterocycles. The molecule has 2 aliphatic rings. The third kappa shape index (κ3) is 2.93. The van der Waals surface area contributed by atoms with Gasteiger partial charge in [0, 0.05) is 24.3 Å². The topological polar surface area (TPSA) is 94.5 Å². The molecule has 1 fully saturated rings. The normalized spacial score (nSPS) is 30.0. The van der Waals surface area contributed by atoms with Crippen molar-refractivity contribution in [3.05, 3.63) is 29.6 Å². The molecule has 1 aliphatic heterocycles. The number of guanidine groups is 1. The summed E-state index contributed by atoms with van der Waals surface area (Å²) in [6.45, 7) is 5.24. The molecule has 3 atom stereocenters. The third-order valence-electron chi connectivity index (χ3n) is 6.26. The first kappa shape index (κ1) is 19.2. The van der Waals surface area contributed by atoms with Gasteiger partial charge in [-0.3, -0.25) is 9.69 Å². The van der Waals surface area contributed by atoms with Gasteiger partial charge in [0.15, 0.2) is 5.96 Å². The quantitative estimate of drug-likeness (QED) is 0.854. The van der Waals surface area contributed by atoms with Crippen molar-refractivity contribution in [3.8, 4) is 6.07 Å². The Labute approximate surface area is 159 Å². The number of amides is 1. The van der Waals surface area contributed by atoms with Gasteiger partial charge in [-0.05, 0) is 58.2 Å². The van der Waals surface area contributed by atoms with Crippen LogP contribution in [0.25, 0.3) is 0 Å². The van der Waals surface area contributed by atoms with E-state index in [0.717, 1.165) is 24.9 Å². The van der Waals surface area contributed by atoms with Gasteiger partial charge < -0.3 is 11.1 Å². The second kappa shape index (κ2) is 6.52. The Kier molecular flexibility index (Phi) is 4.62. The van der Waals surface area contributed by atoms with Crippen molar-refractivity contribution < 1.29 is 9.18 Å². The van der Waals surface area contributed by atoms with Crippen molar-refractivity contribution >= 4 is 17.6 Å². The monoisotopic (exact) mass is 371 g/mol. The Bertz CT molecular complexity index is 843. The van der Waals surface area contributed by atoms with Gasteiger partial charge in [-0.15, -0.1) is 0 Å². The lowest BCUT2D eigenvalue weighted by atomic mass is 9.67. The Morgan fingerprint density at radius 1 is 1.37 bits per heavy atom. The summed E-state index contributed by atoms with van der Waals surface area (Å²) in [4.78, 5) is 18.6. The maximum Gasteiger partial charge on any atom is 0.237 e. The van der Waals surface area contributed by atoms with Gasteiger partial charge in [0.25, 0.3) is 0 Å². The predicted octanol–water partition coefficient (Wildman–Crippen LogP) is 2.96. The first-order valence-electron chi connectivity index (χ1n) is 9.21. The van der Waals surface area contributed by atoms with E-state index in [1.54, 1.807) is 40.0 Å². The highest BCUT2D eigenvalue weighted by atomic mass is 19.1. The van der Waals surface area contributed by atoms with Crippen LogP contribution in [0.15, 0.2) is 23.2 Å². The van der Waals surface area contributed by atoms with Gasteiger partial charge in [-0.2, -0.15) is 5.26 Å². The van der Waals surface area contributed by atoms with Crippen molar-refractivity contribution in [1.82, 2.24) is 4.90 Å². The standard InChI is InChI=1S/C20H26FN5O/c1-19(2)17(27)26(4)18(23)25-20(19,3)14-10-13(8-9-15(14)21)24-16-7-5-6-12(16)11-22/h8-10,12,16,24H,5-7H2,1-4H3,(H2,23,25)/t12-,16+,20-/m1/s1. The van der Waals surface area contributed by atoms with E-state index in [2.05, 4.69) is 16.4 Å². The van der Waals surface area contributed by atoms with E-state index in [-0.39, 0.29) is 23.8 Å². The SMILES string of the molecule is CN1C(=O)C(C)(C)[C@@](C)(c2cc(N[C@H]3CCC[C@@H]3C#N)ccc2F)N=C1N. The number of nitrogens with zero attached hydrogens (tertiary/aromatic N) is 3. The molecule has 0 unspecified atom stereocenters. The maximum absolute atomic E-state index is 14.8. The smallest absolute Gasteiger partial charge is 0.237 e. The summed E-state index contributed by atoms with van der Waals surface area (Å²) in [6, 6.07) is 7.11. The molecular weight excluding hydrogens is 345 g/mol. The number of hydrogen-bond donors (Lipinski definition) is 2. The Hall–Kier alpha value is -2.62. The molecule has 1 aromatic carbocycles. The number of nitriles is 1. The number of carbonyl (C=O) groups is 1. The molecule has 1 heterocycles. The van der Waals surface area contributed by atoms with E-state index < -0.39 is 16.8 Å². The fourth-order valence-corrected chi connectivity index (χ4v) is 4.06. The first-order valence-corrected chi connectivity index (χ1v) is 9.21. The minimum absolute atomic E-state index is 0.0434. The second-order valence-electron chi connectivity index (χ2n) is 8.14. The van der Waals surface area contributed by atoms with Crippen molar-refractivity contribution in [1.29, 1.82) is 5.26 Å². The molecule has 0 radical (unpaired) electrons. The number of hydrogen-bond acceptors (Lipinski definition) is 5. The number of nitrogens with one attached hydrogen (secondary N) is 1. The zero-order valence-electron chi connectivity index (χ0n) is 16.2. The third-order valence-corrected chi connectivity index (χ3v) is 6.26. The molecule has 3 rings (SSSR count). The predicted molar refractivity (Wildman–Crippen MR) is 102 cm³/mol. The second-order valence-corrected chi connectivity index (χ2v) is 8.14. The molecule has 1 amide bonds. The van der Waals surface area contributed by atoms with Crippen molar-refractivity contribution in [3.63, 3.8) is 0 Å². The molecular formula is C20H26FN5O. The molecule has 0 aromatic heterocycles. The molecule has 1 saturated carbocycles. The Morgan fingerprint density at radius 3 is 2.74 bits per heavy atom. The number of rotatable bonds is 3. The number of aliphatic imine (C=N–C) groups is 1. The van der Waals surface area contributed by atoms with E-state index in [1.165, 1.54) is 11.0 Å². The molecule has 0 spiro atoms. The number of benzene rings is 1. The summed E-state index contributed by atoms with van der Waals surface area (Å²) in [6.07, 6.45) is 2.77. The zero-order chi connectivity index (χ0) is 20.0. The van der Waals surface area contributed by atoms with Crippen molar-refractivity contribution in [2.24, 2.45) is 22.1 Å². The minimum Gasteiger partial charge on any atom is -0.381 e. The number of anilines is 1. The van der Waals surface area contributed by atoms with Crippen LogP contribution in [0.3, 0.4) is 0 Å². The fourth-order valence-electron chi connectivity index (χ4n) is 4.06. The fraction of sp³-hybridized carbons (Fsp3) is 0.550. The van der Waals surface area contributed by atoms with Crippen molar-refractivity contribution in [2.75, 3.05) is 12.4 Å². The van der Waals surface area contributed by atoms with Gasteiger partial charge in [0.05, 0.1) is 17.4 Å². The van der Waals surface area contributed by atoms with Crippen LogP contribution in [0.5, 0.6) is 0 Å². The lowest BCUT2D eigenvalue weighted by molar-refractivity contribution is -0.140. The summed E-state index contributed by atoms with van der Waals surface area (Å²) >= 11 is 0. The van der Waals surface area contributed by atoms with Crippen molar-refractivity contribution in [2.45, 2.75) is 51.6 Å². The largest absolute Gasteiger partial charge is 0.381 e. The molecule has 7 heteroatoms. The molecule has 1 aromatic rings. The summed E-state index contributed by atoms with van der Waals surface area (Å²) < 4.78 is 14.8. The molecule has 27 heavy (non-hydrogen) atoms. The number of halogens is 1. The van der Waals surface area contributed by atoms with Gasteiger partial charge in [0.2, 0.25) is 5.91 Å². The number of carbonyl (C=O) groups excluding carboxylic acids is 1. The van der Waals surface area contributed by atoms with Crippen LogP contribution in [0.1, 0.15) is 45.6 Å². The van der Waals surface area contributed by atoms with Crippen LogP contribution < -0.4 is 11.1 Å². The highest BCUT2D eigenvalue weighted by Gasteiger charge is 2.53. The van der Waals surface area contributed by atoms with Gasteiger partial charge in [-0.25, -0.2) is 9.38 Å². The lowest BCUT2D eigenvalue weighted by Crippen LogP contribution is -2.58. The van der Waals surface area contributed by atoms with Crippen LogP contribution in [0, 0.1) is 28.5 Å². The molecule has 144 valence electrons. The minimum atomic E-state index is -1.15. The first-order chi connectivity index (χ1) is 12.6. The molecule has 6 nitrogen and oxygen atoms in total. The van der Waals surface area contributed by atoms with Gasteiger partial charge >= 0.3 is 0 Å².